The number of aliphatic hydroxyl groups is 1. The second-order valence-corrected chi connectivity index (χ2v) is 3.18. The van der Waals surface area contributed by atoms with Crippen molar-refractivity contribution in [2.45, 2.75) is 6.61 Å². The molecule has 0 saturated heterocycles. The number of rotatable bonds is 3. The molecule has 82 valence electrons. The fourth-order valence-corrected chi connectivity index (χ4v) is 1.30. The first-order chi connectivity index (χ1) is 7.69. The molecular weight excluding hydrogens is 210 g/mol. The smallest absolute Gasteiger partial charge is 0.328 e. The summed E-state index contributed by atoms with van der Waals surface area (Å²) in [6.45, 7) is -0.0664. The second-order valence-electron chi connectivity index (χ2n) is 3.18. The van der Waals surface area contributed by atoms with E-state index in [0.29, 0.717) is 11.1 Å². The Labute approximate surface area is 90.6 Å². The molecule has 0 aliphatic heterocycles. The van der Waals surface area contributed by atoms with Crippen molar-refractivity contribution >= 4 is 23.1 Å². The SMILES string of the molecule is O=C(O)/C=C/c1nc2cc(CO)ccc2o1. The molecule has 5 heteroatoms. The third-order valence-corrected chi connectivity index (χ3v) is 2.02. The summed E-state index contributed by atoms with van der Waals surface area (Å²) in [5, 5.41) is 17.4. The first-order valence-corrected chi connectivity index (χ1v) is 4.60. The number of oxazole rings is 1. The molecule has 0 fully saturated rings. The fourth-order valence-electron chi connectivity index (χ4n) is 1.30. The first-order valence-electron chi connectivity index (χ1n) is 4.60. The monoisotopic (exact) mass is 219 g/mol. The highest BCUT2D eigenvalue weighted by molar-refractivity contribution is 5.85. The zero-order chi connectivity index (χ0) is 11.5. The Morgan fingerprint density at radius 1 is 1.50 bits per heavy atom. The van der Waals surface area contributed by atoms with Gasteiger partial charge in [0.2, 0.25) is 5.89 Å². The summed E-state index contributed by atoms with van der Waals surface area (Å²) < 4.78 is 5.28. The van der Waals surface area contributed by atoms with E-state index in [1.54, 1.807) is 18.2 Å². The van der Waals surface area contributed by atoms with Gasteiger partial charge >= 0.3 is 5.97 Å². The van der Waals surface area contributed by atoms with Crippen LogP contribution >= 0.6 is 0 Å². The van der Waals surface area contributed by atoms with Gasteiger partial charge in [0, 0.05) is 12.2 Å². The van der Waals surface area contributed by atoms with Gasteiger partial charge in [0.1, 0.15) is 5.52 Å². The normalized spacial score (nSPS) is 11.3. The molecule has 16 heavy (non-hydrogen) atoms. The third-order valence-electron chi connectivity index (χ3n) is 2.02. The minimum atomic E-state index is -1.06. The van der Waals surface area contributed by atoms with Crippen molar-refractivity contribution in [3.63, 3.8) is 0 Å². The van der Waals surface area contributed by atoms with Gasteiger partial charge in [-0.1, -0.05) is 6.07 Å². The van der Waals surface area contributed by atoms with Crippen LogP contribution in [-0.2, 0) is 11.4 Å². The first kappa shape index (κ1) is 10.4. The van der Waals surface area contributed by atoms with Crippen LogP contribution < -0.4 is 0 Å². The van der Waals surface area contributed by atoms with Gasteiger partial charge in [-0.05, 0) is 17.7 Å². The van der Waals surface area contributed by atoms with Crippen molar-refractivity contribution in [3.8, 4) is 0 Å². The van der Waals surface area contributed by atoms with Gasteiger partial charge in [0.05, 0.1) is 6.61 Å². The highest BCUT2D eigenvalue weighted by Gasteiger charge is 2.04. The van der Waals surface area contributed by atoms with Crippen LogP contribution in [-0.4, -0.2) is 21.2 Å². The standard InChI is InChI=1S/C11H9NO4/c13-6-7-1-2-9-8(5-7)12-10(16-9)3-4-11(14)15/h1-5,13H,6H2,(H,14,15)/b4-3+. The van der Waals surface area contributed by atoms with Gasteiger partial charge in [-0.25, -0.2) is 9.78 Å². The molecule has 0 aliphatic rings. The van der Waals surface area contributed by atoms with Crippen LogP contribution in [0.4, 0.5) is 0 Å². The number of hydrogen-bond donors (Lipinski definition) is 2. The van der Waals surface area contributed by atoms with Gasteiger partial charge in [-0.3, -0.25) is 0 Å². The Kier molecular flexibility index (Phi) is 2.70. The van der Waals surface area contributed by atoms with E-state index < -0.39 is 5.97 Å². The predicted molar refractivity (Wildman–Crippen MR) is 56.6 cm³/mol. The minimum Gasteiger partial charge on any atom is -0.478 e. The molecule has 0 unspecified atom stereocenters. The third kappa shape index (κ3) is 2.09. The Morgan fingerprint density at radius 3 is 3.00 bits per heavy atom. The van der Waals surface area contributed by atoms with Crippen molar-refractivity contribution in [1.29, 1.82) is 0 Å². The molecular formula is C11H9NO4. The van der Waals surface area contributed by atoms with E-state index in [-0.39, 0.29) is 12.5 Å². The second kappa shape index (κ2) is 4.16. The van der Waals surface area contributed by atoms with E-state index in [9.17, 15) is 4.79 Å². The maximum Gasteiger partial charge on any atom is 0.328 e. The van der Waals surface area contributed by atoms with Crippen LogP contribution in [0.25, 0.3) is 17.2 Å². The molecule has 0 spiro atoms. The van der Waals surface area contributed by atoms with Crippen LogP contribution in [0.2, 0.25) is 0 Å². The number of benzene rings is 1. The van der Waals surface area contributed by atoms with Crippen LogP contribution in [0.5, 0.6) is 0 Å². The van der Waals surface area contributed by atoms with E-state index in [4.69, 9.17) is 14.6 Å². The molecule has 0 aliphatic carbocycles. The molecule has 2 aromatic rings. The lowest BCUT2D eigenvalue weighted by molar-refractivity contribution is -0.131. The molecule has 0 radical (unpaired) electrons. The Morgan fingerprint density at radius 2 is 2.31 bits per heavy atom. The van der Waals surface area contributed by atoms with Crippen molar-refractivity contribution in [3.05, 3.63) is 35.7 Å². The summed E-state index contributed by atoms with van der Waals surface area (Å²) in [7, 11) is 0. The van der Waals surface area contributed by atoms with Crippen molar-refractivity contribution in [1.82, 2.24) is 4.98 Å². The van der Waals surface area contributed by atoms with Crippen LogP contribution in [0, 0.1) is 0 Å². The summed E-state index contributed by atoms with van der Waals surface area (Å²) in [5.41, 5.74) is 1.88. The van der Waals surface area contributed by atoms with E-state index in [1.807, 2.05) is 0 Å². The number of carboxylic acids is 1. The zero-order valence-corrected chi connectivity index (χ0v) is 8.25. The van der Waals surface area contributed by atoms with Gasteiger partial charge < -0.3 is 14.6 Å². The summed E-state index contributed by atoms with van der Waals surface area (Å²) in [6.07, 6.45) is 2.23. The van der Waals surface area contributed by atoms with Gasteiger partial charge in [0.25, 0.3) is 0 Å². The quantitative estimate of drug-likeness (QED) is 0.762. The number of carboxylic acid groups (broad SMARTS) is 1. The van der Waals surface area contributed by atoms with E-state index in [2.05, 4.69) is 4.98 Å². The number of aromatic nitrogens is 1. The summed E-state index contributed by atoms with van der Waals surface area (Å²) in [6, 6.07) is 5.10. The van der Waals surface area contributed by atoms with Gasteiger partial charge in [0.15, 0.2) is 5.58 Å². The summed E-state index contributed by atoms with van der Waals surface area (Å²) in [5.74, 6) is -0.828. The van der Waals surface area contributed by atoms with Crippen LogP contribution in [0.3, 0.4) is 0 Å². The molecule has 2 N–H and O–H groups in total. The molecule has 0 saturated carbocycles. The topological polar surface area (TPSA) is 83.6 Å². The number of aliphatic carboxylic acids is 1. The van der Waals surface area contributed by atoms with E-state index >= 15 is 0 Å². The van der Waals surface area contributed by atoms with E-state index in [1.165, 1.54) is 6.08 Å². The number of nitrogens with zero attached hydrogens (tertiary/aromatic N) is 1. The molecule has 1 aromatic carbocycles. The number of carbonyl (C=O) groups is 1. The number of aliphatic hydroxyl groups excluding tert-OH is 1. The lowest BCUT2D eigenvalue weighted by Gasteiger charge is -1.92. The number of fused-ring (bicyclic) bond motifs is 1. The highest BCUT2D eigenvalue weighted by atomic mass is 16.4. The molecule has 0 atom stereocenters. The average Bonchev–Trinajstić information content (AvgIpc) is 2.67. The lowest BCUT2D eigenvalue weighted by atomic mass is 10.2. The summed E-state index contributed by atoms with van der Waals surface area (Å²) >= 11 is 0. The molecule has 1 aromatic heterocycles. The molecule has 1 heterocycles. The molecule has 0 amide bonds. The van der Waals surface area contributed by atoms with Crippen LogP contribution in [0.15, 0.2) is 28.7 Å². The van der Waals surface area contributed by atoms with Gasteiger partial charge in [-0.2, -0.15) is 0 Å². The maximum atomic E-state index is 10.3. The Bertz CT molecular complexity index is 556. The number of hydrogen-bond acceptors (Lipinski definition) is 4. The molecule has 2 rings (SSSR count). The average molecular weight is 219 g/mol. The lowest BCUT2D eigenvalue weighted by Crippen LogP contribution is -1.85. The summed E-state index contributed by atoms with van der Waals surface area (Å²) in [4.78, 5) is 14.4. The zero-order valence-electron chi connectivity index (χ0n) is 8.25. The molecule has 0 bridgehead atoms. The minimum absolute atomic E-state index is 0.0664. The largest absolute Gasteiger partial charge is 0.478 e. The van der Waals surface area contributed by atoms with Crippen molar-refractivity contribution in [2.24, 2.45) is 0 Å². The van der Waals surface area contributed by atoms with Crippen LogP contribution in [0.1, 0.15) is 11.5 Å². The molecule has 5 nitrogen and oxygen atoms in total. The van der Waals surface area contributed by atoms with Gasteiger partial charge in [-0.15, -0.1) is 0 Å². The Balaban J connectivity index is 2.40. The van der Waals surface area contributed by atoms with Crippen molar-refractivity contribution < 1.29 is 19.4 Å². The fraction of sp³-hybridized carbons (Fsp3) is 0.0909. The highest BCUT2D eigenvalue weighted by Crippen LogP contribution is 2.17. The van der Waals surface area contributed by atoms with E-state index in [0.717, 1.165) is 11.6 Å². The Hall–Kier alpha value is -2.14. The van der Waals surface area contributed by atoms with Crippen molar-refractivity contribution in [2.75, 3.05) is 0 Å². The maximum absolute atomic E-state index is 10.3. The predicted octanol–water partition coefficient (Wildman–Crippen LogP) is 1.42.